The Morgan fingerprint density at radius 1 is 0.429 bits per heavy atom. The van der Waals surface area contributed by atoms with Crippen molar-refractivity contribution in [1.82, 2.24) is 0 Å². The Balaban J connectivity index is 1.66. The van der Waals surface area contributed by atoms with Gasteiger partial charge >= 0.3 is 8.60 Å². The van der Waals surface area contributed by atoms with Crippen molar-refractivity contribution in [3.05, 3.63) is 72.0 Å². The van der Waals surface area contributed by atoms with Crippen molar-refractivity contribution in [3.8, 4) is 0 Å². The van der Waals surface area contributed by atoms with Gasteiger partial charge in [-0.05, 0) is 37.5 Å². The SMILES string of the molecule is CCCCCCCCC1C=CC=C(OP(OC2=CC=CC(CCCCCCCC)C2=S)OC2=CC=CC(CCCCCCCC)C2=S)C1=S. The van der Waals surface area contributed by atoms with Gasteiger partial charge in [-0.25, -0.2) is 0 Å². The van der Waals surface area contributed by atoms with Gasteiger partial charge in [0.2, 0.25) is 0 Å². The van der Waals surface area contributed by atoms with Gasteiger partial charge in [0.15, 0.2) is 0 Å². The van der Waals surface area contributed by atoms with Crippen LogP contribution >= 0.6 is 45.3 Å². The second kappa shape index (κ2) is 25.5. The Bertz CT molecular complexity index is 1070. The van der Waals surface area contributed by atoms with Crippen molar-refractivity contribution < 1.29 is 13.6 Å². The van der Waals surface area contributed by atoms with Crippen LogP contribution in [-0.2, 0) is 13.6 Å². The molecule has 0 amide bonds. The molecule has 0 bridgehead atoms. The zero-order valence-electron chi connectivity index (χ0n) is 30.7. The summed E-state index contributed by atoms with van der Waals surface area (Å²) < 4.78 is 19.7. The molecule has 0 aliphatic heterocycles. The standard InChI is InChI=1S/C42H63O3PS3/c1-4-7-10-13-16-19-25-34-28-22-31-37(40(34)47)43-46(44-38-32-23-29-35(41(38)48)26-20-17-14-11-8-5-2)45-39-33-24-30-36(42(39)49)27-21-18-15-12-9-6-3/h22-24,28-36H,4-21,25-27H2,1-3H3. The molecule has 0 saturated carbocycles. The molecule has 0 saturated heterocycles. The highest BCUT2D eigenvalue weighted by Crippen LogP contribution is 2.49. The molecule has 49 heavy (non-hydrogen) atoms. The highest BCUT2D eigenvalue weighted by atomic mass is 32.1. The summed E-state index contributed by atoms with van der Waals surface area (Å²) in [6.07, 6.45) is 44.5. The van der Waals surface area contributed by atoms with E-state index in [1.807, 2.05) is 18.2 Å². The van der Waals surface area contributed by atoms with Crippen molar-refractivity contribution in [2.24, 2.45) is 17.8 Å². The molecule has 0 spiro atoms. The second-order valence-corrected chi connectivity index (χ2v) is 16.1. The molecule has 272 valence electrons. The summed E-state index contributed by atoms with van der Waals surface area (Å²) in [5, 5.41) is 0. The Hall–Kier alpha value is -1.46. The fourth-order valence-corrected chi connectivity index (χ4v) is 8.70. The number of thiocarbonyl (C=S) groups is 3. The second-order valence-electron chi connectivity index (χ2n) is 13.8. The maximum atomic E-state index is 6.58. The third-order valence-electron chi connectivity index (χ3n) is 9.64. The Kier molecular flexibility index (Phi) is 21.8. The molecule has 3 aliphatic carbocycles. The van der Waals surface area contributed by atoms with Gasteiger partial charge < -0.3 is 13.6 Å². The Labute approximate surface area is 317 Å². The quantitative estimate of drug-likeness (QED) is 0.0473. The molecule has 0 aromatic carbocycles. The van der Waals surface area contributed by atoms with Gasteiger partial charge in [-0.1, -0.05) is 209 Å². The molecule has 0 fully saturated rings. The van der Waals surface area contributed by atoms with Crippen LogP contribution in [0.2, 0.25) is 0 Å². The van der Waals surface area contributed by atoms with E-state index in [-0.39, 0.29) is 17.8 Å². The lowest BCUT2D eigenvalue weighted by Crippen LogP contribution is -2.20. The number of rotatable bonds is 27. The van der Waals surface area contributed by atoms with E-state index in [0.29, 0.717) is 17.3 Å². The molecule has 0 N–H and O–H groups in total. The van der Waals surface area contributed by atoms with E-state index in [1.54, 1.807) is 0 Å². The van der Waals surface area contributed by atoms with Gasteiger partial charge in [0.05, 0.1) is 14.6 Å². The van der Waals surface area contributed by atoms with Gasteiger partial charge in [-0.15, -0.1) is 0 Å². The molecular weight excluding hydrogens is 680 g/mol. The first kappa shape index (κ1) is 42.0. The third-order valence-corrected chi connectivity index (χ3v) is 12.2. The minimum Gasteiger partial charge on any atom is -0.407 e. The van der Waals surface area contributed by atoms with Gasteiger partial charge in [0, 0.05) is 17.8 Å². The van der Waals surface area contributed by atoms with E-state index in [4.69, 9.17) is 50.2 Å². The van der Waals surface area contributed by atoms with Gasteiger partial charge in [0.1, 0.15) is 17.3 Å². The molecule has 3 atom stereocenters. The van der Waals surface area contributed by atoms with Crippen LogP contribution in [0.1, 0.15) is 156 Å². The van der Waals surface area contributed by atoms with Crippen LogP contribution in [0.4, 0.5) is 0 Å². The van der Waals surface area contributed by atoms with E-state index in [9.17, 15) is 0 Å². The molecule has 0 radical (unpaired) electrons. The lowest BCUT2D eigenvalue weighted by atomic mass is 9.93. The molecule has 3 unspecified atom stereocenters. The maximum Gasteiger partial charge on any atom is 0.530 e. The Morgan fingerprint density at radius 2 is 0.694 bits per heavy atom. The summed E-state index contributed by atoms with van der Waals surface area (Å²) in [6.45, 7) is 6.78. The first-order chi connectivity index (χ1) is 24.0. The minimum atomic E-state index is -1.90. The minimum absolute atomic E-state index is 0.178. The first-order valence-electron chi connectivity index (χ1n) is 19.6. The summed E-state index contributed by atoms with van der Waals surface area (Å²) in [7, 11) is -1.90. The maximum absolute atomic E-state index is 6.58. The highest BCUT2D eigenvalue weighted by Gasteiger charge is 2.32. The summed E-state index contributed by atoms with van der Waals surface area (Å²) >= 11 is 18.0. The number of unbranched alkanes of at least 4 members (excludes halogenated alkanes) is 15. The van der Waals surface area contributed by atoms with Crippen molar-refractivity contribution in [2.45, 2.75) is 156 Å². The smallest absolute Gasteiger partial charge is 0.407 e. The summed E-state index contributed by atoms with van der Waals surface area (Å²) in [5.41, 5.74) is 0. The van der Waals surface area contributed by atoms with E-state index >= 15 is 0 Å². The molecule has 0 heterocycles. The van der Waals surface area contributed by atoms with E-state index in [0.717, 1.165) is 53.1 Å². The summed E-state index contributed by atoms with van der Waals surface area (Å²) in [4.78, 5) is 2.45. The zero-order chi connectivity index (χ0) is 35.1. The lowest BCUT2D eigenvalue weighted by molar-refractivity contribution is 0.277. The highest BCUT2D eigenvalue weighted by molar-refractivity contribution is 7.81. The molecule has 0 aromatic heterocycles. The molecule has 7 heteroatoms. The number of allylic oxidation sites excluding steroid dienone is 12. The van der Waals surface area contributed by atoms with Crippen LogP contribution in [0, 0.1) is 17.8 Å². The van der Waals surface area contributed by atoms with E-state index in [1.165, 1.54) is 96.3 Å². The van der Waals surface area contributed by atoms with Gasteiger partial charge in [0.25, 0.3) is 0 Å². The lowest BCUT2D eigenvalue weighted by Gasteiger charge is -2.28. The van der Waals surface area contributed by atoms with E-state index in [2.05, 4.69) is 57.2 Å². The average Bonchev–Trinajstić information content (AvgIpc) is 3.10. The molecule has 0 aromatic rings. The van der Waals surface area contributed by atoms with Crippen molar-refractivity contribution in [2.75, 3.05) is 0 Å². The van der Waals surface area contributed by atoms with Crippen LogP contribution < -0.4 is 0 Å². The largest absolute Gasteiger partial charge is 0.530 e. The van der Waals surface area contributed by atoms with Crippen LogP contribution in [0.3, 0.4) is 0 Å². The fourth-order valence-electron chi connectivity index (χ4n) is 6.53. The normalized spacial score (nSPS) is 21.0. The van der Waals surface area contributed by atoms with Crippen molar-refractivity contribution in [3.63, 3.8) is 0 Å². The monoisotopic (exact) mass is 742 g/mol. The first-order valence-corrected chi connectivity index (χ1v) is 21.9. The van der Waals surface area contributed by atoms with Crippen LogP contribution in [0.25, 0.3) is 0 Å². The fraction of sp³-hybridized carbons (Fsp3) is 0.643. The average molecular weight is 743 g/mol. The van der Waals surface area contributed by atoms with Crippen LogP contribution in [0.15, 0.2) is 72.0 Å². The molecule has 3 nitrogen and oxygen atoms in total. The summed E-state index contributed by atoms with van der Waals surface area (Å²) in [6, 6.07) is 0. The zero-order valence-corrected chi connectivity index (χ0v) is 34.0. The molecular formula is C42H63O3PS3. The molecule has 3 aliphatic rings. The topological polar surface area (TPSA) is 27.7 Å². The van der Waals surface area contributed by atoms with Crippen molar-refractivity contribution >= 4 is 59.8 Å². The third kappa shape index (κ3) is 15.8. The van der Waals surface area contributed by atoms with E-state index < -0.39 is 8.60 Å². The predicted octanol–water partition coefficient (Wildman–Crippen LogP) is 14.8. The number of hydrogen-bond acceptors (Lipinski definition) is 6. The van der Waals surface area contributed by atoms with Gasteiger partial charge in [-0.3, -0.25) is 0 Å². The van der Waals surface area contributed by atoms with Gasteiger partial charge in [-0.2, -0.15) is 0 Å². The van der Waals surface area contributed by atoms with Crippen LogP contribution in [-0.4, -0.2) is 14.6 Å². The van der Waals surface area contributed by atoms with Crippen LogP contribution in [0.5, 0.6) is 0 Å². The number of hydrogen-bond donors (Lipinski definition) is 0. The predicted molar refractivity (Wildman–Crippen MR) is 224 cm³/mol. The Morgan fingerprint density at radius 3 is 0.980 bits per heavy atom. The summed E-state index contributed by atoms with van der Waals surface area (Å²) in [5.74, 6) is 2.50. The van der Waals surface area contributed by atoms with Crippen molar-refractivity contribution in [1.29, 1.82) is 0 Å². The molecule has 3 rings (SSSR count).